The van der Waals surface area contributed by atoms with Crippen molar-refractivity contribution in [3.8, 4) is 0 Å². The first-order chi connectivity index (χ1) is 8.49. The molecule has 8 nitrogen and oxygen atoms in total. The first-order valence-corrected chi connectivity index (χ1v) is 5.61. The minimum atomic E-state index is -0.825. The number of hydrogen-bond donors (Lipinski definition) is 3. The molecule has 1 aromatic rings. The SMILES string of the molecule is Cc1nc(CN(C)C(=O)C2(C(N)=NO)CC2)n[nH]1. The molecule has 0 bridgehead atoms. The zero-order valence-corrected chi connectivity index (χ0v) is 10.3. The summed E-state index contributed by atoms with van der Waals surface area (Å²) in [6.07, 6.45) is 1.22. The van der Waals surface area contributed by atoms with E-state index in [9.17, 15) is 4.79 Å². The van der Waals surface area contributed by atoms with Gasteiger partial charge in [-0.15, -0.1) is 0 Å². The van der Waals surface area contributed by atoms with Crippen molar-refractivity contribution in [1.82, 2.24) is 20.1 Å². The minimum Gasteiger partial charge on any atom is -0.409 e. The third-order valence-electron chi connectivity index (χ3n) is 3.13. The van der Waals surface area contributed by atoms with Gasteiger partial charge in [0.15, 0.2) is 11.7 Å². The van der Waals surface area contributed by atoms with Crippen molar-refractivity contribution >= 4 is 11.7 Å². The van der Waals surface area contributed by atoms with Gasteiger partial charge in [0.25, 0.3) is 0 Å². The predicted octanol–water partition coefficient (Wildman–Crippen LogP) is -0.402. The van der Waals surface area contributed by atoms with E-state index in [-0.39, 0.29) is 11.7 Å². The highest BCUT2D eigenvalue weighted by Gasteiger charge is 2.55. The lowest BCUT2D eigenvalue weighted by Gasteiger charge is -2.21. The summed E-state index contributed by atoms with van der Waals surface area (Å²) < 4.78 is 0. The standard InChI is InChI=1S/C10H16N6O2/c1-6-12-7(14-13-6)5-16(2)9(17)10(3-4-10)8(11)15-18/h18H,3-5H2,1-2H3,(H2,11,15)(H,12,13,14). The van der Waals surface area contributed by atoms with Crippen molar-refractivity contribution in [2.45, 2.75) is 26.3 Å². The van der Waals surface area contributed by atoms with E-state index in [0.717, 1.165) is 0 Å². The number of nitrogens with one attached hydrogen (secondary N) is 1. The van der Waals surface area contributed by atoms with Crippen molar-refractivity contribution in [3.63, 3.8) is 0 Å². The number of aromatic amines is 1. The van der Waals surface area contributed by atoms with E-state index in [0.29, 0.717) is 31.0 Å². The number of nitrogens with zero attached hydrogens (tertiary/aromatic N) is 4. The molecule has 0 atom stereocenters. The molecule has 8 heteroatoms. The molecule has 0 aromatic carbocycles. The second kappa shape index (κ2) is 4.28. The van der Waals surface area contributed by atoms with Gasteiger partial charge >= 0.3 is 0 Å². The van der Waals surface area contributed by atoms with E-state index in [1.54, 1.807) is 14.0 Å². The Bertz CT molecular complexity index is 490. The molecule has 4 N–H and O–H groups in total. The molecule has 1 amide bonds. The molecular formula is C10H16N6O2. The number of amidine groups is 1. The molecule has 0 saturated heterocycles. The summed E-state index contributed by atoms with van der Waals surface area (Å²) >= 11 is 0. The minimum absolute atomic E-state index is 0.0227. The third kappa shape index (κ3) is 2.01. The van der Waals surface area contributed by atoms with E-state index in [2.05, 4.69) is 20.3 Å². The smallest absolute Gasteiger partial charge is 0.236 e. The van der Waals surface area contributed by atoms with Crippen LogP contribution in [-0.4, -0.2) is 44.1 Å². The lowest BCUT2D eigenvalue weighted by atomic mass is 10.0. The Morgan fingerprint density at radius 1 is 1.67 bits per heavy atom. The monoisotopic (exact) mass is 252 g/mol. The molecular weight excluding hydrogens is 236 g/mol. The van der Waals surface area contributed by atoms with Crippen molar-refractivity contribution in [2.75, 3.05) is 7.05 Å². The maximum atomic E-state index is 12.2. The fraction of sp³-hybridized carbons (Fsp3) is 0.600. The van der Waals surface area contributed by atoms with E-state index in [1.165, 1.54) is 4.90 Å². The van der Waals surface area contributed by atoms with Crippen molar-refractivity contribution in [3.05, 3.63) is 11.6 Å². The number of amides is 1. The number of rotatable bonds is 4. The highest BCUT2D eigenvalue weighted by atomic mass is 16.4. The summed E-state index contributed by atoms with van der Waals surface area (Å²) in [4.78, 5) is 17.8. The van der Waals surface area contributed by atoms with Crippen molar-refractivity contribution in [1.29, 1.82) is 0 Å². The molecule has 1 fully saturated rings. The van der Waals surface area contributed by atoms with Crippen LogP contribution in [0.4, 0.5) is 0 Å². The van der Waals surface area contributed by atoms with Crippen LogP contribution in [0.1, 0.15) is 24.5 Å². The molecule has 1 aliphatic carbocycles. The molecule has 1 aliphatic rings. The van der Waals surface area contributed by atoms with Gasteiger partial charge in [0.05, 0.1) is 6.54 Å². The van der Waals surface area contributed by atoms with Crippen LogP contribution in [0.5, 0.6) is 0 Å². The normalized spacial score (nSPS) is 17.6. The van der Waals surface area contributed by atoms with Crippen molar-refractivity contribution < 1.29 is 10.0 Å². The average molecular weight is 252 g/mol. The highest BCUT2D eigenvalue weighted by Crippen LogP contribution is 2.47. The molecule has 2 rings (SSSR count). The average Bonchev–Trinajstić information content (AvgIpc) is 3.07. The molecule has 18 heavy (non-hydrogen) atoms. The van der Waals surface area contributed by atoms with Gasteiger partial charge in [0.1, 0.15) is 11.2 Å². The molecule has 0 spiro atoms. The molecule has 0 unspecified atom stereocenters. The summed E-state index contributed by atoms with van der Waals surface area (Å²) in [5, 5.41) is 18.3. The van der Waals surface area contributed by atoms with Gasteiger partial charge in [-0.2, -0.15) is 5.10 Å². The van der Waals surface area contributed by atoms with Gasteiger partial charge in [-0.3, -0.25) is 9.89 Å². The molecule has 1 heterocycles. The number of nitrogens with two attached hydrogens (primary N) is 1. The van der Waals surface area contributed by atoms with Crippen LogP contribution in [0, 0.1) is 12.3 Å². The summed E-state index contributed by atoms with van der Waals surface area (Å²) in [7, 11) is 1.65. The number of carbonyl (C=O) groups excluding carboxylic acids is 1. The van der Waals surface area contributed by atoms with Crippen LogP contribution >= 0.6 is 0 Å². The van der Waals surface area contributed by atoms with Crippen LogP contribution in [0.2, 0.25) is 0 Å². The van der Waals surface area contributed by atoms with Crippen molar-refractivity contribution in [2.24, 2.45) is 16.3 Å². The Labute approximate surface area is 104 Å². The zero-order valence-electron chi connectivity index (χ0n) is 10.3. The Morgan fingerprint density at radius 3 is 2.78 bits per heavy atom. The fourth-order valence-corrected chi connectivity index (χ4v) is 1.91. The molecule has 0 aliphatic heterocycles. The van der Waals surface area contributed by atoms with E-state index < -0.39 is 5.41 Å². The van der Waals surface area contributed by atoms with Gasteiger partial charge in [-0.1, -0.05) is 5.16 Å². The second-order valence-corrected chi connectivity index (χ2v) is 4.57. The quantitative estimate of drug-likeness (QED) is 0.291. The van der Waals surface area contributed by atoms with E-state index in [1.807, 2.05) is 0 Å². The molecule has 98 valence electrons. The number of carbonyl (C=O) groups is 1. The number of oxime groups is 1. The summed E-state index contributed by atoms with van der Waals surface area (Å²) in [5.41, 5.74) is 4.74. The summed E-state index contributed by atoms with van der Waals surface area (Å²) in [5.74, 6) is 1.05. The van der Waals surface area contributed by atoms with Gasteiger partial charge < -0.3 is 15.8 Å². The number of aryl methyl sites for hydroxylation is 1. The van der Waals surface area contributed by atoms with Crippen LogP contribution in [0.15, 0.2) is 5.16 Å². The maximum Gasteiger partial charge on any atom is 0.236 e. The van der Waals surface area contributed by atoms with Gasteiger partial charge in [0.2, 0.25) is 5.91 Å². The first kappa shape index (κ1) is 12.3. The largest absolute Gasteiger partial charge is 0.409 e. The lowest BCUT2D eigenvalue weighted by Crippen LogP contribution is -2.41. The third-order valence-corrected chi connectivity index (χ3v) is 3.13. The topological polar surface area (TPSA) is 120 Å². The highest BCUT2D eigenvalue weighted by molar-refractivity contribution is 6.09. The molecule has 1 aromatic heterocycles. The van der Waals surface area contributed by atoms with Crippen LogP contribution < -0.4 is 5.73 Å². The lowest BCUT2D eigenvalue weighted by molar-refractivity contribution is -0.133. The Balaban J connectivity index is 2.06. The van der Waals surface area contributed by atoms with E-state index >= 15 is 0 Å². The van der Waals surface area contributed by atoms with Gasteiger partial charge in [0, 0.05) is 7.05 Å². The Kier molecular flexibility index (Phi) is 2.93. The second-order valence-electron chi connectivity index (χ2n) is 4.57. The van der Waals surface area contributed by atoms with E-state index in [4.69, 9.17) is 10.9 Å². The Morgan fingerprint density at radius 2 is 2.33 bits per heavy atom. The Hall–Kier alpha value is -2.12. The molecule has 0 radical (unpaired) electrons. The van der Waals surface area contributed by atoms with Crippen LogP contribution in [-0.2, 0) is 11.3 Å². The number of H-pyrrole nitrogens is 1. The zero-order chi connectivity index (χ0) is 13.3. The predicted molar refractivity (Wildman–Crippen MR) is 62.7 cm³/mol. The van der Waals surface area contributed by atoms with Gasteiger partial charge in [-0.25, -0.2) is 4.98 Å². The van der Waals surface area contributed by atoms with Crippen LogP contribution in [0.25, 0.3) is 0 Å². The molecule has 1 saturated carbocycles. The fourth-order valence-electron chi connectivity index (χ4n) is 1.91. The number of hydrogen-bond acceptors (Lipinski definition) is 5. The summed E-state index contributed by atoms with van der Waals surface area (Å²) in [6.45, 7) is 2.08. The van der Waals surface area contributed by atoms with Crippen LogP contribution in [0.3, 0.4) is 0 Å². The number of aromatic nitrogens is 3. The van der Waals surface area contributed by atoms with Gasteiger partial charge in [-0.05, 0) is 19.8 Å². The first-order valence-electron chi connectivity index (χ1n) is 5.61. The maximum absolute atomic E-state index is 12.2. The summed E-state index contributed by atoms with van der Waals surface area (Å²) in [6, 6.07) is 0.